The van der Waals surface area contributed by atoms with E-state index in [0.29, 0.717) is 42.8 Å². The molecule has 6 bridgehead atoms. The van der Waals surface area contributed by atoms with Crippen molar-refractivity contribution in [2.45, 2.75) is 140 Å². The molecule has 0 radical (unpaired) electrons. The zero-order chi connectivity index (χ0) is 43.0. The molecule has 3 heterocycles. The van der Waals surface area contributed by atoms with E-state index in [-0.39, 0.29) is 25.3 Å². The number of carbonyl (C=O) groups excluding carboxylic acids is 4. The third-order valence-corrected chi connectivity index (χ3v) is 14.3. The number of methoxy groups -OCH3 is 1. The van der Waals surface area contributed by atoms with E-state index in [1.165, 1.54) is 4.90 Å². The number of cyclic esters (lactones) is 1. The highest BCUT2D eigenvalue weighted by molar-refractivity contribution is 7.91. The minimum atomic E-state index is -3.88. The average Bonchev–Trinajstić information content (AvgIpc) is 4.10. The Kier molecular flexibility index (Phi) is 12.3. The monoisotopic (exact) mass is 845 g/mol. The molecule has 16 heteroatoms. The lowest BCUT2D eigenvalue weighted by atomic mass is 9.98. The van der Waals surface area contributed by atoms with Gasteiger partial charge in [0.2, 0.25) is 21.8 Å². The van der Waals surface area contributed by atoms with Crippen molar-refractivity contribution >= 4 is 33.8 Å². The maximum absolute atomic E-state index is 14.8. The molecule has 7 rings (SSSR count). The molecule has 1 saturated heterocycles. The van der Waals surface area contributed by atoms with E-state index >= 15 is 0 Å². The number of carbonyl (C=O) groups is 4. The summed E-state index contributed by atoms with van der Waals surface area (Å²) in [6.45, 7) is 9.24. The second kappa shape index (κ2) is 17.2. The van der Waals surface area contributed by atoms with Crippen LogP contribution in [0.25, 0.3) is 22.5 Å². The van der Waals surface area contributed by atoms with Crippen molar-refractivity contribution in [3.63, 3.8) is 0 Å². The number of benzene rings is 2. The Bertz CT molecular complexity index is 2200. The van der Waals surface area contributed by atoms with Gasteiger partial charge in [-0.15, -0.1) is 0 Å². The van der Waals surface area contributed by atoms with Gasteiger partial charge in [0.25, 0.3) is 5.91 Å². The molecule has 0 unspecified atom stereocenters. The fraction of sp³-hybridized carbons (Fsp3) is 0.591. The number of alkyl carbamates (subject to hydrolysis) is 1. The normalized spacial score (nSPS) is 26.0. The molecule has 3 N–H and O–H groups in total. The maximum atomic E-state index is 14.8. The van der Waals surface area contributed by atoms with Gasteiger partial charge in [0.1, 0.15) is 40.4 Å². The molecule has 2 aromatic carbocycles. The van der Waals surface area contributed by atoms with E-state index in [1.54, 1.807) is 11.9 Å². The van der Waals surface area contributed by atoms with Crippen LogP contribution < -0.4 is 20.1 Å². The topological polar surface area (TPSA) is 191 Å². The summed E-state index contributed by atoms with van der Waals surface area (Å²) in [6.07, 6.45) is 6.45. The fourth-order valence-electron chi connectivity index (χ4n) is 8.65. The number of hydrogen-bond acceptors (Lipinski definition) is 10. The molecule has 0 spiro atoms. The standard InChI is InChI=1S/C44H59N7O8S/c1-7-31-25-44(31,41(54)49-60(56,57)34-20-21-34)46-39(52)35-24-32-26-50(35)40(53)36(27(2)3)45-42(55)59-43(4,5)22-11-9-8-10-13-28-14-12-15-30(23-28)38-37(47-51(32)48-38)29-16-18-33(58-6)19-17-29/h12,14-19,23,27,31-32,34-36H,7-11,13,20-22,24-26H2,1-6H3,(H,45,55)(H,46,52)(H,49,54)/t31-,32-,35+,36+,44-/m1/s1. The molecule has 15 nitrogen and oxygen atoms in total. The Balaban J connectivity index is 1.27. The lowest BCUT2D eigenvalue weighted by Crippen LogP contribution is -2.59. The molecule has 4 aliphatic rings. The molecular weight excluding hydrogens is 787 g/mol. The van der Waals surface area contributed by atoms with Gasteiger partial charge in [0, 0.05) is 24.1 Å². The van der Waals surface area contributed by atoms with Crippen molar-refractivity contribution < 1.29 is 37.1 Å². The van der Waals surface area contributed by atoms with Gasteiger partial charge in [-0.05, 0) is 107 Å². The van der Waals surface area contributed by atoms with E-state index in [9.17, 15) is 27.6 Å². The Morgan fingerprint density at radius 3 is 2.35 bits per heavy atom. The number of nitrogens with zero attached hydrogens (tertiary/aromatic N) is 4. The lowest BCUT2D eigenvalue weighted by Gasteiger charge is -2.32. The van der Waals surface area contributed by atoms with Crippen LogP contribution in [0.2, 0.25) is 0 Å². The highest BCUT2D eigenvalue weighted by Crippen LogP contribution is 2.47. The number of fused-ring (bicyclic) bond motifs is 8. The number of hydrogen-bond donors (Lipinski definition) is 3. The summed E-state index contributed by atoms with van der Waals surface area (Å²) < 4.78 is 39.3. The molecule has 324 valence electrons. The van der Waals surface area contributed by atoms with Crippen LogP contribution >= 0.6 is 0 Å². The second-order valence-electron chi connectivity index (χ2n) is 17.9. The Morgan fingerprint density at radius 2 is 1.70 bits per heavy atom. The van der Waals surface area contributed by atoms with Gasteiger partial charge in [-0.3, -0.25) is 19.1 Å². The van der Waals surface area contributed by atoms with Gasteiger partial charge in [-0.1, -0.05) is 58.2 Å². The predicted octanol–water partition coefficient (Wildman–Crippen LogP) is 5.69. The summed E-state index contributed by atoms with van der Waals surface area (Å²) in [6, 6.07) is 13.1. The van der Waals surface area contributed by atoms with Crippen LogP contribution in [-0.4, -0.2) is 94.3 Å². The molecule has 4 amide bonds. The first kappa shape index (κ1) is 43.1. The number of sulfonamides is 1. The summed E-state index contributed by atoms with van der Waals surface area (Å²) in [7, 11) is -2.28. The number of ether oxygens (including phenoxy) is 2. The first-order chi connectivity index (χ1) is 28.5. The Morgan fingerprint density at radius 1 is 1.00 bits per heavy atom. The summed E-state index contributed by atoms with van der Waals surface area (Å²) >= 11 is 0. The minimum Gasteiger partial charge on any atom is -0.497 e. The van der Waals surface area contributed by atoms with E-state index in [4.69, 9.17) is 19.7 Å². The zero-order valence-electron chi connectivity index (χ0n) is 35.5. The zero-order valence-corrected chi connectivity index (χ0v) is 36.3. The Hall–Kier alpha value is -4.99. The molecule has 3 fully saturated rings. The number of amides is 4. The average molecular weight is 846 g/mol. The number of rotatable bonds is 9. The summed E-state index contributed by atoms with van der Waals surface area (Å²) in [5, 5.41) is 15.2. The van der Waals surface area contributed by atoms with Crippen molar-refractivity contribution in [1.82, 2.24) is 35.2 Å². The fourth-order valence-corrected chi connectivity index (χ4v) is 10.0. The highest BCUT2D eigenvalue weighted by atomic mass is 32.2. The SMILES string of the molecule is CC[C@@H]1C[C@]1(NC(=O)[C@@H]1C[C@@H]2CN1C(=O)[C@H](C(C)C)NC(=O)OC(C)(C)CCCCCCc1cccc(c1)-c1nn2nc1-c1ccc(OC)cc1)C(=O)NS(=O)(=O)C1CC1. The molecule has 2 saturated carbocycles. The van der Waals surface area contributed by atoms with Crippen molar-refractivity contribution in [2.24, 2.45) is 11.8 Å². The van der Waals surface area contributed by atoms with Gasteiger partial charge in [-0.2, -0.15) is 15.0 Å². The summed E-state index contributed by atoms with van der Waals surface area (Å²) in [5.74, 6) is -1.86. The molecule has 5 atom stereocenters. The summed E-state index contributed by atoms with van der Waals surface area (Å²) in [4.78, 5) is 59.6. The molecule has 2 aliphatic heterocycles. The second-order valence-corrected chi connectivity index (χ2v) is 19.9. The number of nitrogens with one attached hydrogen (secondary N) is 3. The van der Waals surface area contributed by atoms with Crippen LogP contribution in [0.4, 0.5) is 4.79 Å². The lowest BCUT2D eigenvalue weighted by molar-refractivity contribution is -0.141. The number of aryl methyl sites for hydroxylation is 1. The van der Waals surface area contributed by atoms with E-state index in [0.717, 1.165) is 48.8 Å². The Labute approximate surface area is 352 Å². The first-order valence-electron chi connectivity index (χ1n) is 21.4. The highest BCUT2D eigenvalue weighted by Gasteiger charge is 2.62. The van der Waals surface area contributed by atoms with Gasteiger partial charge >= 0.3 is 6.09 Å². The van der Waals surface area contributed by atoms with Gasteiger partial charge in [0.05, 0.1) is 18.4 Å². The van der Waals surface area contributed by atoms with Crippen molar-refractivity contribution in [3.05, 3.63) is 54.1 Å². The van der Waals surface area contributed by atoms with Gasteiger partial charge in [0.15, 0.2) is 0 Å². The van der Waals surface area contributed by atoms with Gasteiger partial charge < -0.3 is 25.0 Å². The van der Waals surface area contributed by atoms with Crippen LogP contribution in [0.5, 0.6) is 5.75 Å². The number of aromatic nitrogens is 3. The van der Waals surface area contributed by atoms with E-state index < -0.39 is 74.3 Å². The third kappa shape index (κ3) is 9.32. The molecular formula is C44H59N7O8S. The van der Waals surface area contributed by atoms with E-state index in [2.05, 4.69) is 27.5 Å². The third-order valence-electron chi connectivity index (χ3n) is 12.5. The maximum Gasteiger partial charge on any atom is 0.408 e. The van der Waals surface area contributed by atoms with Crippen molar-refractivity contribution in [1.29, 1.82) is 0 Å². The van der Waals surface area contributed by atoms with Crippen LogP contribution in [-0.2, 0) is 35.6 Å². The van der Waals surface area contributed by atoms with Crippen molar-refractivity contribution in [2.75, 3.05) is 13.7 Å². The largest absolute Gasteiger partial charge is 0.497 e. The van der Waals surface area contributed by atoms with Crippen LogP contribution in [0.1, 0.15) is 110 Å². The molecule has 2 aliphatic carbocycles. The van der Waals surface area contributed by atoms with Gasteiger partial charge in [-0.25, -0.2) is 13.2 Å². The van der Waals surface area contributed by atoms with Crippen LogP contribution in [0.15, 0.2) is 48.5 Å². The van der Waals surface area contributed by atoms with E-state index in [1.807, 2.05) is 71.0 Å². The molecule has 1 aromatic heterocycles. The molecule has 60 heavy (non-hydrogen) atoms. The van der Waals surface area contributed by atoms with Crippen LogP contribution in [0, 0.1) is 11.8 Å². The first-order valence-corrected chi connectivity index (χ1v) is 23.0. The van der Waals surface area contributed by atoms with Crippen molar-refractivity contribution in [3.8, 4) is 28.3 Å². The summed E-state index contributed by atoms with van der Waals surface area (Å²) in [5.41, 5.74) is 1.87. The molecule has 3 aromatic rings. The van der Waals surface area contributed by atoms with Crippen LogP contribution in [0.3, 0.4) is 0 Å². The predicted molar refractivity (Wildman–Crippen MR) is 225 cm³/mol. The smallest absolute Gasteiger partial charge is 0.408 e. The quantitative estimate of drug-likeness (QED) is 0.241. The minimum absolute atomic E-state index is 0.0189.